The minimum atomic E-state index is -0.498. The number of anilines is 1. The zero-order valence-corrected chi connectivity index (χ0v) is 11.9. The fourth-order valence-corrected chi connectivity index (χ4v) is 2.37. The molecule has 1 saturated carbocycles. The molecule has 2 N–H and O–H groups in total. The van der Waals surface area contributed by atoms with Gasteiger partial charge in [-0.05, 0) is 36.6 Å². The van der Waals surface area contributed by atoms with E-state index < -0.39 is 11.8 Å². The van der Waals surface area contributed by atoms with E-state index in [4.69, 9.17) is 22.1 Å². The molecule has 4 nitrogen and oxygen atoms in total. The zero-order chi connectivity index (χ0) is 15.0. The lowest BCUT2D eigenvalue weighted by Crippen LogP contribution is -2.11. The maximum atomic E-state index is 13.1. The third kappa shape index (κ3) is 3.03. The molecule has 1 aliphatic carbocycles. The summed E-state index contributed by atoms with van der Waals surface area (Å²) in [7, 11) is 0. The number of carbonyl (C=O) groups is 1. The van der Waals surface area contributed by atoms with E-state index in [9.17, 15) is 9.18 Å². The second-order valence-corrected chi connectivity index (χ2v) is 5.53. The van der Waals surface area contributed by atoms with E-state index in [1.54, 1.807) is 12.3 Å². The Bertz CT molecular complexity index is 695. The van der Waals surface area contributed by atoms with E-state index in [2.05, 4.69) is 0 Å². The summed E-state index contributed by atoms with van der Waals surface area (Å²) in [6.07, 6.45) is 3.84. The van der Waals surface area contributed by atoms with Crippen molar-refractivity contribution in [3.63, 3.8) is 0 Å². The van der Waals surface area contributed by atoms with Crippen LogP contribution in [0.1, 0.15) is 34.9 Å². The van der Waals surface area contributed by atoms with Gasteiger partial charge in [-0.3, -0.25) is 0 Å². The van der Waals surface area contributed by atoms with Gasteiger partial charge in [0.25, 0.3) is 0 Å². The fourth-order valence-electron chi connectivity index (χ4n) is 2.17. The zero-order valence-electron chi connectivity index (χ0n) is 11.2. The van der Waals surface area contributed by atoms with Gasteiger partial charge in [-0.15, -0.1) is 0 Å². The van der Waals surface area contributed by atoms with Gasteiger partial charge in [-0.25, -0.2) is 9.18 Å². The van der Waals surface area contributed by atoms with Crippen LogP contribution in [0.4, 0.5) is 10.1 Å². The van der Waals surface area contributed by atoms with Crippen molar-refractivity contribution in [2.24, 2.45) is 0 Å². The lowest BCUT2D eigenvalue weighted by molar-refractivity contribution is 0.0460. The van der Waals surface area contributed by atoms with Crippen LogP contribution in [0.2, 0.25) is 5.02 Å². The Balaban J connectivity index is 1.70. The summed E-state index contributed by atoms with van der Waals surface area (Å²) >= 11 is 5.69. The van der Waals surface area contributed by atoms with Crippen LogP contribution in [0.5, 0.6) is 0 Å². The number of nitrogen functional groups attached to an aromatic ring is 1. The highest BCUT2D eigenvalue weighted by Crippen LogP contribution is 2.37. The predicted octanol–water partition coefficient (Wildman–Crippen LogP) is 3.55. The number of hydrogen-bond donors (Lipinski definition) is 1. The molecule has 0 amide bonds. The minimum Gasteiger partial charge on any atom is -0.456 e. The first-order valence-electron chi connectivity index (χ1n) is 6.63. The number of ether oxygens (including phenoxy) is 1. The van der Waals surface area contributed by atoms with Gasteiger partial charge in [0.05, 0.1) is 10.7 Å². The Morgan fingerprint density at radius 2 is 2.19 bits per heavy atom. The second kappa shape index (κ2) is 5.41. The van der Waals surface area contributed by atoms with Gasteiger partial charge in [0, 0.05) is 12.2 Å². The second-order valence-electron chi connectivity index (χ2n) is 5.12. The van der Waals surface area contributed by atoms with Crippen LogP contribution in [0.15, 0.2) is 30.5 Å². The number of hydrogen-bond acceptors (Lipinski definition) is 3. The molecular formula is C15H14ClFN2O2. The molecule has 1 aromatic carbocycles. The molecular weight excluding hydrogens is 295 g/mol. The summed E-state index contributed by atoms with van der Waals surface area (Å²) in [5, 5.41) is 0.00847. The molecule has 6 heteroatoms. The summed E-state index contributed by atoms with van der Waals surface area (Å²) in [5.41, 5.74) is 7.36. The third-order valence-corrected chi connectivity index (χ3v) is 3.66. The number of aromatic nitrogens is 1. The van der Waals surface area contributed by atoms with Crippen molar-refractivity contribution in [2.45, 2.75) is 25.5 Å². The number of esters is 1. The minimum absolute atomic E-state index is 0.00847. The van der Waals surface area contributed by atoms with E-state index in [1.165, 1.54) is 18.2 Å². The topological polar surface area (TPSA) is 57.3 Å². The highest BCUT2D eigenvalue weighted by atomic mass is 35.5. The van der Waals surface area contributed by atoms with Crippen LogP contribution in [-0.2, 0) is 11.3 Å². The summed E-state index contributed by atoms with van der Waals surface area (Å²) in [6, 6.07) is 6.17. The quantitative estimate of drug-likeness (QED) is 0.879. The van der Waals surface area contributed by atoms with E-state index in [0.29, 0.717) is 23.0 Å². The van der Waals surface area contributed by atoms with Crippen LogP contribution in [0.25, 0.3) is 0 Å². The van der Waals surface area contributed by atoms with Crippen LogP contribution in [-0.4, -0.2) is 10.5 Å². The average Bonchev–Trinajstić information content (AvgIpc) is 3.22. The van der Waals surface area contributed by atoms with Crippen molar-refractivity contribution >= 4 is 23.3 Å². The molecule has 21 heavy (non-hydrogen) atoms. The molecule has 1 fully saturated rings. The van der Waals surface area contributed by atoms with Crippen molar-refractivity contribution in [3.8, 4) is 0 Å². The van der Waals surface area contributed by atoms with Crippen LogP contribution in [0, 0.1) is 5.82 Å². The molecule has 1 heterocycles. The first kappa shape index (κ1) is 13.9. The normalized spacial score (nSPS) is 14.2. The van der Waals surface area contributed by atoms with E-state index >= 15 is 0 Å². The van der Waals surface area contributed by atoms with Gasteiger partial charge in [0.1, 0.15) is 18.1 Å². The predicted molar refractivity (Wildman–Crippen MR) is 77.6 cm³/mol. The molecule has 0 aliphatic heterocycles. The Labute approximate surface area is 126 Å². The summed E-state index contributed by atoms with van der Waals surface area (Å²) in [4.78, 5) is 12.1. The highest BCUT2D eigenvalue weighted by Gasteiger charge is 2.28. The van der Waals surface area contributed by atoms with Crippen LogP contribution >= 0.6 is 11.6 Å². The molecule has 2 aromatic rings. The Hall–Kier alpha value is -2.01. The van der Waals surface area contributed by atoms with Crippen molar-refractivity contribution in [1.82, 2.24) is 4.57 Å². The fraction of sp³-hybridized carbons (Fsp3) is 0.267. The van der Waals surface area contributed by atoms with E-state index in [0.717, 1.165) is 12.8 Å². The molecule has 1 aromatic heterocycles. The number of benzene rings is 1. The van der Waals surface area contributed by atoms with Gasteiger partial charge in [0.15, 0.2) is 0 Å². The van der Waals surface area contributed by atoms with Crippen LogP contribution < -0.4 is 5.73 Å². The summed E-state index contributed by atoms with van der Waals surface area (Å²) < 4.78 is 20.2. The number of carbonyl (C=O) groups excluding carboxylic acids is 1. The number of nitrogens with zero attached hydrogens (tertiary/aromatic N) is 1. The Morgan fingerprint density at radius 1 is 1.43 bits per heavy atom. The van der Waals surface area contributed by atoms with Crippen molar-refractivity contribution < 1.29 is 13.9 Å². The maximum absolute atomic E-state index is 13.1. The van der Waals surface area contributed by atoms with Gasteiger partial charge in [0.2, 0.25) is 0 Å². The highest BCUT2D eigenvalue weighted by molar-refractivity contribution is 6.30. The molecule has 0 bridgehead atoms. The summed E-state index contributed by atoms with van der Waals surface area (Å²) in [5.74, 6) is -0.943. The first-order valence-corrected chi connectivity index (χ1v) is 7.01. The maximum Gasteiger partial charge on any atom is 0.355 e. The van der Waals surface area contributed by atoms with Crippen molar-refractivity contribution in [2.75, 3.05) is 5.73 Å². The van der Waals surface area contributed by atoms with Gasteiger partial charge < -0.3 is 15.0 Å². The monoisotopic (exact) mass is 308 g/mol. The van der Waals surface area contributed by atoms with Gasteiger partial charge >= 0.3 is 5.97 Å². The first-order chi connectivity index (χ1) is 10.0. The molecule has 0 spiro atoms. The van der Waals surface area contributed by atoms with E-state index in [1.807, 2.05) is 4.57 Å². The molecule has 0 radical (unpaired) electrons. The number of nitrogens with two attached hydrogens (primary N) is 1. The van der Waals surface area contributed by atoms with Gasteiger partial charge in [-0.2, -0.15) is 0 Å². The molecule has 0 unspecified atom stereocenters. The van der Waals surface area contributed by atoms with Crippen molar-refractivity contribution in [1.29, 1.82) is 0 Å². The standard InChI is InChI=1S/C15H14ClFN2O2/c16-12-5-9(1-4-13(12)17)8-21-15(20)14-6-10(18)7-19(14)11-2-3-11/h1,4-7,11H,2-3,8,18H2. The van der Waals surface area contributed by atoms with Crippen LogP contribution in [0.3, 0.4) is 0 Å². The molecule has 1 aliphatic rings. The molecule has 0 atom stereocenters. The summed E-state index contributed by atoms with van der Waals surface area (Å²) in [6.45, 7) is 0.0363. The largest absolute Gasteiger partial charge is 0.456 e. The van der Waals surface area contributed by atoms with Crippen molar-refractivity contribution in [3.05, 3.63) is 52.6 Å². The lowest BCUT2D eigenvalue weighted by Gasteiger charge is -2.08. The smallest absolute Gasteiger partial charge is 0.355 e. The number of halogens is 2. The third-order valence-electron chi connectivity index (χ3n) is 3.37. The Morgan fingerprint density at radius 3 is 2.86 bits per heavy atom. The Kier molecular flexibility index (Phi) is 3.59. The average molecular weight is 309 g/mol. The molecule has 0 saturated heterocycles. The lowest BCUT2D eigenvalue weighted by atomic mass is 10.2. The van der Waals surface area contributed by atoms with E-state index in [-0.39, 0.29) is 11.6 Å². The molecule has 3 rings (SSSR count). The van der Waals surface area contributed by atoms with Gasteiger partial charge in [-0.1, -0.05) is 17.7 Å². The number of rotatable bonds is 4. The SMILES string of the molecule is Nc1cc(C(=O)OCc2ccc(F)c(Cl)c2)n(C2CC2)c1. The molecule has 110 valence electrons.